The van der Waals surface area contributed by atoms with Crippen molar-refractivity contribution in [1.82, 2.24) is 0 Å². The summed E-state index contributed by atoms with van der Waals surface area (Å²) in [5.74, 6) is -0.640. The van der Waals surface area contributed by atoms with Crippen molar-refractivity contribution < 1.29 is 22.3 Å². The number of halogens is 4. The molecule has 1 aliphatic heterocycles. The largest absolute Gasteiger partial charge is 0.405 e. The van der Waals surface area contributed by atoms with Crippen LogP contribution in [-0.4, -0.2) is 24.9 Å². The SMILES string of the molecule is CC(C)(C)OC1CCN(CC(F)(F)F)c2c(F)cccc21. The predicted molar refractivity (Wildman–Crippen MR) is 72.9 cm³/mol. The first kappa shape index (κ1) is 16.1. The van der Waals surface area contributed by atoms with E-state index < -0.39 is 24.1 Å². The normalized spacial score (nSPS) is 19.6. The van der Waals surface area contributed by atoms with Crippen molar-refractivity contribution in [1.29, 1.82) is 0 Å². The zero-order valence-corrected chi connectivity index (χ0v) is 12.3. The molecule has 0 radical (unpaired) electrons. The van der Waals surface area contributed by atoms with E-state index in [-0.39, 0.29) is 18.3 Å². The molecule has 0 fully saturated rings. The van der Waals surface area contributed by atoms with Gasteiger partial charge in [0.1, 0.15) is 12.4 Å². The van der Waals surface area contributed by atoms with E-state index in [1.807, 2.05) is 20.8 Å². The summed E-state index contributed by atoms with van der Waals surface area (Å²) >= 11 is 0. The quantitative estimate of drug-likeness (QED) is 0.748. The van der Waals surface area contributed by atoms with Crippen LogP contribution in [0, 0.1) is 5.82 Å². The molecular formula is C15H19F4NO. The number of hydrogen-bond donors (Lipinski definition) is 0. The average molecular weight is 305 g/mol. The number of benzene rings is 1. The Labute approximate surface area is 121 Å². The molecule has 1 aromatic rings. The van der Waals surface area contributed by atoms with Crippen molar-refractivity contribution in [2.75, 3.05) is 18.0 Å². The molecule has 1 aliphatic rings. The summed E-state index contributed by atoms with van der Waals surface area (Å²) < 4.78 is 57.8. The molecule has 1 aromatic carbocycles. The van der Waals surface area contributed by atoms with Crippen molar-refractivity contribution >= 4 is 5.69 Å². The fourth-order valence-corrected chi connectivity index (χ4v) is 2.59. The molecule has 0 bridgehead atoms. The molecule has 0 aliphatic carbocycles. The van der Waals surface area contributed by atoms with E-state index in [0.29, 0.717) is 12.0 Å². The Kier molecular flexibility index (Phi) is 4.19. The van der Waals surface area contributed by atoms with E-state index in [1.165, 1.54) is 12.1 Å². The topological polar surface area (TPSA) is 12.5 Å². The lowest BCUT2D eigenvalue weighted by Crippen LogP contribution is -2.40. The molecular weight excluding hydrogens is 286 g/mol. The Hall–Kier alpha value is -1.30. The molecule has 21 heavy (non-hydrogen) atoms. The minimum Gasteiger partial charge on any atom is -0.368 e. The van der Waals surface area contributed by atoms with Gasteiger partial charge in [-0.05, 0) is 33.3 Å². The highest BCUT2D eigenvalue weighted by Crippen LogP contribution is 2.40. The van der Waals surface area contributed by atoms with E-state index in [1.54, 1.807) is 6.07 Å². The fraction of sp³-hybridized carbons (Fsp3) is 0.600. The van der Waals surface area contributed by atoms with Gasteiger partial charge in [0.25, 0.3) is 0 Å². The van der Waals surface area contributed by atoms with Crippen LogP contribution in [0.4, 0.5) is 23.2 Å². The van der Waals surface area contributed by atoms with Crippen LogP contribution in [0.2, 0.25) is 0 Å². The van der Waals surface area contributed by atoms with Crippen LogP contribution in [0.3, 0.4) is 0 Å². The summed E-state index contributed by atoms with van der Waals surface area (Å²) in [7, 11) is 0. The van der Waals surface area contributed by atoms with Crippen LogP contribution in [0.1, 0.15) is 38.9 Å². The second kappa shape index (κ2) is 5.48. The summed E-state index contributed by atoms with van der Waals surface area (Å²) in [6.45, 7) is 4.58. The minimum atomic E-state index is -4.36. The third-order valence-electron chi connectivity index (χ3n) is 3.21. The Morgan fingerprint density at radius 2 is 1.90 bits per heavy atom. The number of anilines is 1. The Balaban J connectivity index is 2.35. The second-order valence-electron chi connectivity index (χ2n) is 6.22. The Morgan fingerprint density at radius 1 is 1.24 bits per heavy atom. The number of fused-ring (bicyclic) bond motifs is 1. The van der Waals surface area contributed by atoms with E-state index in [0.717, 1.165) is 4.90 Å². The molecule has 0 amide bonds. The number of hydrogen-bond acceptors (Lipinski definition) is 2. The van der Waals surface area contributed by atoms with Gasteiger partial charge in [0.15, 0.2) is 0 Å². The molecule has 118 valence electrons. The molecule has 2 nitrogen and oxygen atoms in total. The van der Waals surface area contributed by atoms with E-state index in [2.05, 4.69) is 0 Å². The number of ether oxygens (including phenoxy) is 1. The van der Waals surface area contributed by atoms with Gasteiger partial charge in [-0.2, -0.15) is 13.2 Å². The van der Waals surface area contributed by atoms with Crippen molar-refractivity contribution in [3.8, 4) is 0 Å². The monoisotopic (exact) mass is 305 g/mol. The third kappa shape index (κ3) is 4.09. The number of rotatable bonds is 2. The lowest BCUT2D eigenvalue weighted by molar-refractivity contribution is -0.121. The molecule has 0 aromatic heterocycles. The molecule has 6 heteroatoms. The highest BCUT2D eigenvalue weighted by atomic mass is 19.4. The van der Waals surface area contributed by atoms with Gasteiger partial charge in [-0.25, -0.2) is 4.39 Å². The molecule has 0 spiro atoms. The maximum Gasteiger partial charge on any atom is 0.405 e. The molecule has 0 N–H and O–H groups in total. The average Bonchev–Trinajstić information content (AvgIpc) is 2.29. The first-order valence-electron chi connectivity index (χ1n) is 6.85. The van der Waals surface area contributed by atoms with Crippen LogP contribution < -0.4 is 4.90 Å². The van der Waals surface area contributed by atoms with Crippen LogP contribution in [-0.2, 0) is 4.74 Å². The van der Waals surface area contributed by atoms with Gasteiger partial charge >= 0.3 is 6.18 Å². The van der Waals surface area contributed by atoms with Gasteiger partial charge in [0.05, 0.1) is 17.4 Å². The fourth-order valence-electron chi connectivity index (χ4n) is 2.59. The van der Waals surface area contributed by atoms with Gasteiger partial charge < -0.3 is 9.64 Å². The number of nitrogens with zero attached hydrogens (tertiary/aromatic N) is 1. The molecule has 2 rings (SSSR count). The maximum absolute atomic E-state index is 14.0. The van der Waals surface area contributed by atoms with Gasteiger partial charge in [-0.1, -0.05) is 12.1 Å². The standard InChI is InChI=1S/C15H19F4NO/c1-14(2,3)21-12-7-8-20(9-15(17,18)19)13-10(12)5-4-6-11(13)16/h4-6,12H,7-9H2,1-3H3. The van der Waals surface area contributed by atoms with Crippen LogP contribution in [0.15, 0.2) is 18.2 Å². The number of alkyl halides is 3. The summed E-state index contributed by atoms with van der Waals surface area (Å²) in [4.78, 5) is 1.05. The van der Waals surface area contributed by atoms with Crippen molar-refractivity contribution in [2.24, 2.45) is 0 Å². The van der Waals surface area contributed by atoms with Gasteiger partial charge in [-0.15, -0.1) is 0 Å². The van der Waals surface area contributed by atoms with Gasteiger partial charge in [0, 0.05) is 12.1 Å². The molecule has 1 atom stereocenters. The smallest absolute Gasteiger partial charge is 0.368 e. The van der Waals surface area contributed by atoms with Gasteiger partial charge in [0.2, 0.25) is 0 Å². The predicted octanol–water partition coefficient (Wildman–Crippen LogP) is 4.45. The third-order valence-corrected chi connectivity index (χ3v) is 3.21. The minimum absolute atomic E-state index is 0.00956. The van der Waals surface area contributed by atoms with E-state index in [4.69, 9.17) is 4.74 Å². The van der Waals surface area contributed by atoms with Crippen molar-refractivity contribution in [3.05, 3.63) is 29.6 Å². The van der Waals surface area contributed by atoms with Crippen molar-refractivity contribution in [2.45, 2.75) is 45.1 Å². The first-order chi connectivity index (χ1) is 9.57. The van der Waals surface area contributed by atoms with Crippen molar-refractivity contribution in [3.63, 3.8) is 0 Å². The maximum atomic E-state index is 14.0. The van der Waals surface area contributed by atoms with Crippen LogP contribution >= 0.6 is 0 Å². The summed E-state index contributed by atoms with van der Waals surface area (Å²) in [6.07, 6.45) is -4.35. The highest BCUT2D eigenvalue weighted by Gasteiger charge is 2.37. The highest BCUT2D eigenvalue weighted by molar-refractivity contribution is 5.58. The van der Waals surface area contributed by atoms with Crippen LogP contribution in [0.5, 0.6) is 0 Å². The summed E-state index contributed by atoms with van der Waals surface area (Å²) in [5, 5.41) is 0. The first-order valence-corrected chi connectivity index (χ1v) is 6.85. The Morgan fingerprint density at radius 3 is 2.48 bits per heavy atom. The van der Waals surface area contributed by atoms with E-state index >= 15 is 0 Å². The Bertz CT molecular complexity index is 507. The van der Waals surface area contributed by atoms with E-state index in [9.17, 15) is 17.6 Å². The lowest BCUT2D eigenvalue weighted by atomic mass is 9.97. The lowest BCUT2D eigenvalue weighted by Gasteiger charge is -2.38. The van der Waals surface area contributed by atoms with Gasteiger partial charge in [-0.3, -0.25) is 0 Å². The summed E-state index contributed by atoms with van der Waals surface area (Å²) in [6, 6.07) is 4.32. The molecule has 0 saturated heterocycles. The molecule has 0 saturated carbocycles. The zero-order valence-electron chi connectivity index (χ0n) is 12.3. The molecule has 1 unspecified atom stereocenters. The zero-order chi connectivity index (χ0) is 15.8. The second-order valence-corrected chi connectivity index (χ2v) is 6.22. The summed E-state index contributed by atoms with van der Waals surface area (Å²) in [5.41, 5.74) is 0.0521. The number of para-hydroxylation sites is 1. The van der Waals surface area contributed by atoms with Crippen LogP contribution in [0.25, 0.3) is 0 Å². The molecule has 1 heterocycles.